The van der Waals surface area contributed by atoms with E-state index in [1.54, 1.807) is 17.4 Å². The maximum Gasteiger partial charge on any atom is 0.128 e. The van der Waals surface area contributed by atoms with Crippen molar-refractivity contribution in [2.75, 3.05) is 6.61 Å². The van der Waals surface area contributed by atoms with E-state index in [-0.39, 0.29) is 0 Å². The smallest absolute Gasteiger partial charge is 0.128 e. The van der Waals surface area contributed by atoms with Crippen molar-refractivity contribution in [2.45, 2.75) is 26.4 Å². The Bertz CT molecular complexity index is 614. The summed E-state index contributed by atoms with van der Waals surface area (Å²) in [5.41, 5.74) is 3.08. The molecule has 1 atom stereocenters. The third-order valence-corrected chi connectivity index (χ3v) is 4.95. The molecule has 0 amide bonds. The molecule has 0 aliphatic carbocycles. The minimum absolute atomic E-state index is 0.656. The number of hydrogen-bond acceptors (Lipinski definition) is 3. The van der Waals surface area contributed by atoms with Crippen molar-refractivity contribution in [1.82, 2.24) is 0 Å². The Morgan fingerprint density at radius 3 is 2.79 bits per heavy atom. The van der Waals surface area contributed by atoms with Crippen LogP contribution >= 0.6 is 22.9 Å². The van der Waals surface area contributed by atoms with Crippen molar-refractivity contribution < 1.29 is 9.84 Å². The topological polar surface area (TPSA) is 29.5 Å². The molecule has 100 valence electrons. The lowest BCUT2D eigenvalue weighted by atomic mass is 10.0. The lowest BCUT2D eigenvalue weighted by Crippen LogP contribution is -2.00. The van der Waals surface area contributed by atoms with Crippen molar-refractivity contribution >= 4 is 22.9 Å². The second-order valence-electron chi connectivity index (χ2n) is 4.87. The van der Waals surface area contributed by atoms with Crippen molar-refractivity contribution in [2.24, 2.45) is 0 Å². The Balaban J connectivity index is 2.07. The summed E-state index contributed by atoms with van der Waals surface area (Å²) in [6, 6.07) is 5.76. The van der Waals surface area contributed by atoms with Gasteiger partial charge >= 0.3 is 0 Å². The first-order valence-electron chi connectivity index (χ1n) is 6.26. The Morgan fingerprint density at radius 1 is 1.32 bits per heavy atom. The van der Waals surface area contributed by atoms with E-state index in [9.17, 15) is 5.11 Å². The third-order valence-electron chi connectivity index (χ3n) is 3.53. The van der Waals surface area contributed by atoms with Crippen molar-refractivity contribution in [3.05, 3.63) is 49.7 Å². The first-order chi connectivity index (χ1) is 9.06. The summed E-state index contributed by atoms with van der Waals surface area (Å²) in [6.45, 7) is 4.79. The van der Waals surface area contributed by atoms with Crippen LogP contribution in [-0.4, -0.2) is 11.7 Å². The summed E-state index contributed by atoms with van der Waals surface area (Å²) in [4.78, 5) is 2.17. The lowest BCUT2D eigenvalue weighted by molar-refractivity contribution is 0.217. The number of aliphatic hydroxyl groups is 1. The Morgan fingerprint density at radius 2 is 2.11 bits per heavy atom. The SMILES string of the molecule is Cc1cc(C(O)c2cc(Cl)cc3c2OCC3)sc1C. The molecular formula is C15H15ClO2S. The highest BCUT2D eigenvalue weighted by Gasteiger charge is 2.24. The maximum absolute atomic E-state index is 10.6. The molecular weight excluding hydrogens is 280 g/mol. The first kappa shape index (κ1) is 13.0. The van der Waals surface area contributed by atoms with E-state index in [0.717, 1.165) is 28.2 Å². The highest BCUT2D eigenvalue weighted by molar-refractivity contribution is 7.12. The average Bonchev–Trinajstić information content (AvgIpc) is 2.95. The molecule has 2 nitrogen and oxygen atoms in total. The fourth-order valence-corrected chi connectivity index (χ4v) is 3.69. The van der Waals surface area contributed by atoms with Crippen LogP contribution in [0.5, 0.6) is 5.75 Å². The minimum Gasteiger partial charge on any atom is -0.493 e. The van der Waals surface area contributed by atoms with E-state index in [0.29, 0.717) is 11.6 Å². The van der Waals surface area contributed by atoms with Crippen LogP contribution in [0.2, 0.25) is 5.02 Å². The third kappa shape index (κ3) is 2.27. The van der Waals surface area contributed by atoms with E-state index < -0.39 is 6.10 Å². The largest absolute Gasteiger partial charge is 0.493 e. The van der Waals surface area contributed by atoms with Crippen LogP contribution in [0.25, 0.3) is 0 Å². The van der Waals surface area contributed by atoms with Crippen LogP contribution in [-0.2, 0) is 6.42 Å². The van der Waals surface area contributed by atoms with Gasteiger partial charge in [0.2, 0.25) is 0 Å². The zero-order valence-corrected chi connectivity index (χ0v) is 12.4. The van der Waals surface area contributed by atoms with Gasteiger partial charge in [0.1, 0.15) is 11.9 Å². The quantitative estimate of drug-likeness (QED) is 0.906. The zero-order valence-electron chi connectivity index (χ0n) is 10.9. The molecule has 0 radical (unpaired) electrons. The predicted molar refractivity (Wildman–Crippen MR) is 78.5 cm³/mol. The number of rotatable bonds is 2. The molecule has 3 rings (SSSR count). The molecule has 0 spiro atoms. The second-order valence-corrected chi connectivity index (χ2v) is 6.60. The Labute approximate surface area is 121 Å². The summed E-state index contributed by atoms with van der Waals surface area (Å²) in [5, 5.41) is 11.2. The number of ether oxygens (including phenoxy) is 1. The van der Waals surface area contributed by atoms with Gasteiger partial charge in [-0.3, -0.25) is 0 Å². The summed E-state index contributed by atoms with van der Waals surface area (Å²) >= 11 is 7.75. The van der Waals surface area contributed by atoms with Crippen molar-refractivity contribution in [1.29, 1.82) is 0 Å². The molecule has 0 saturated carbocycles. The van der Waals surface area contributed by atoms with Crippen LogP contribution in [0.4, 0.5) is 0 Å². The summed E-state index contributed by atoms with van der Waals surface area (Å²) in [5.74, 6) is 0.806. The molecule has 1 aliphatic rings. The van der Waals surface area contributed by atoms with E-state index >= 15 is 0 Å². The van der Waals surface area contributed by atoms with Gasteiger partial charge in [0.05, 0.1) is 6.61 Å². The van der Waals surface area contributed by atoms with Gasteiger partial charge in [-0.05, 0) is 43.2 Å². The van der Waals surface area contributed by atoms with Crippen LogP contribution in [0.15, 0.2) is 18.2 Å². The van der Waals surface area contributed by atoms with Crippen molar-refractivity contribution in [3.8, 4) is 5.75 Å². The predicted octanol–water partition coefficient (Wildman–Crippen LogP) is 4.03. The Hall–Kier alpha value is -1.03. The van der Waals surface area contributed by atoms with Crippen LogP contribution < -0.4 is 4.74 Å². The van der Waals surface area contributed by atoms with Crippen LogP contribution in [0, 0.1) is 13.8 Å². The molecule has 1 aromatic carbocycles. The number of thiophene rings is 1. The normalized spacial score (nSPS) is 15.2. The number of benzene rings is 1. The monoisotopic (exact) mass is 294 g/mol. The Kier molecular flexibility index (Phi) is 3.29. The molecule has 1 aromatic heterocycles. The first-order valence-corrected chi connectivity index (χ1v) is 7.46. The summed E-state index contributed by atoms with van der Waals surface area (Å²) in [7, 11) is 0. The molecule has 0 saturated heterocycles. The summed E-state index contributed by atoms with van der Waals surface area (Å²) < 4.78 is 5.65. The number of fused-ring (bicyclic) bond motifs is 1. The molecule has 2 aromatic rings. The second kappa shape index (κ2) is 4.82. The molecule has 1 aliphatic heterocycles. The average molecular weight is 295 g/mol. The highest BCUT2D eigenvalue weighted by atomic mass is 35.5. The molecule has 4 heteroatoms. The van der Waals surface area contributed by atoms with Gasteiger partial charge in [-0.25, -0.2) is 0 Å². The number of aryl methyl sites for hydroxylation is 2. The number of halogens is 1. The van der Waals surface area contributed by atoms with Gasteiger partial charge in [-0.15, -0.1) is 11.3 Å². The minimum atomic E-state index is -0.664. The van der Waals surface area contributed by atoms with Gasteiger partial charge in [0, 0.05) is 26.8 Å². The van der Waals surface area contributed by atoms with Gasteiger partial charge in [-0.1, -0.05) is 11.6 Å². The standard InChI is InChI=1S/C15H15ClO2S/c1-8-5-13(19-9(8)2)14(17)12-7-11(16)6-10-3-4-18-15(10)12/h5-7,14,17H,3-4H2,1-2H3. The van der Waals surface area contributed by atoms with Crippen LogP contribution in [0.1, 0.15) is 32.5 Å². The lowest BCUT2D eigenvalue weighted by Gasteiger charge is -2.14. The zero-order chi connectivity index (χ0) is 13.6. The van der Waals surface area contributed by atoms with Gasteiger partial charge in [0.25, 0.3) is 0 Å². The molecule has 2 heterocycles. The number of aliphatic hydroxyl groups excluding tert-OH is 1. The number of hydrogen-bond donors (Lipinski definition) is 1. The van der Waals surface area contributed by atoms with Gasteiger partial charge in [-0.2, -0.15) is 0 Å². The maximum atomic E-state index is 10.6. The van der Waals surface area contributed by atoms with E-state index in [1.165, 1.54) is 10.4 Å². The molecule has 0 bridgehead atoms. The van der Waals surface area contributed by atoms with Gasteiger partial charge in [0.15, 0.2) is 0 Å². The highest BCUT2D eigenvalue weighted by Crippen LogP contribution is 2.40. The molecule has 1 N–H and O–H groups in total. The van der Waals surface area contributed by atoms with Crippen molar-refractivity contribution in [3.63, 3.8) is 0 Å². The summed E-state index contributed by atoms with van der Waals surface area (Å²) in [6.07, 6.45) is 0.195. The van der Waals surface area contributed by atoms with Crippen LogP contribution in [0.3, 0.4) is 0 Å². The van der Waals surface area contributed by atoms with E-state index in [1.807, 2.05) is 12.1 Å². The molecule has 0 fully saturated rings. The van der Waals surface area contributed by atoms with E-state index in [2.05, 4.69) is 13.8 Å². The fraction of sp³-hybridized carbons (Fsp3) is 0.333. The fourth-order valence-electron chi connectivity index (χ4n) is 2.39. The van der Waals surface area contributed by atoms with E-state index in [4.69, 9.17) is 16.3 Å². The van der Waals surface area contributed by atoms with Gasteiger partial charge < -0.3 is 9.84 Å². The molecule has 1 unspecified atom stereocenters. The molecule has 19 heavy (non-hydrogen) atoms.